The molecule has 1 aromatic heterocycles. The second kappa shape index (κ2) is 6.82. The highest BCUT2D eigenvalue weighted by Gasteiger charge is 1.92. The lowest BCUT2D eigenvalue weighted by Crippen LogP contribution is -3.00. The van der Waals surface area contributed by atoms with Gasteiger partial charge >= 0.3 is 0 Å². The van der Waals surface area contributed by atoms with Crippen LogP contribution in [0.1, 0.15) is 12.5 Å². The molecule has 0 aliphatic carbocycles. The summed E-state index contributed by atoms with van der Waals surface area (Å²) in [6.07, 6.45) is 5.64. The first-order chi connectivity index (χ1) is 5.83. The average Bonchev–Trinajstić information content (AvgIpc) is 2.05. The minimum absolute atomic E-state index is 0. The van der Waals surface area contributed by atoms with Crippen molar-refractivity contribution in [2.24, 2.45) is 12.2 Å². The van der Waals surface area contributed by atoms with Crippen molar-refractivity contribution in [1.29, 1.82) is 0 Å². The van der Waals surface area contributed by atoms with Gasteiger partial charge in [0.15, 0.2) is 12.4 Å². The molecule has 1 heterocycles. The summed E-state index contributed by atoms with van der Waals surface area (Å²) in [6, 6.07) is 3.94. The Morgan fingerprint density at radius 3 is 3.00 bits per heavy atom. The lowest BCUT2D eigenvalue weighted by molar-refractivity contribution is -0.671. The molecule has 4 heteroatoms. The van der Waals surface area contributed by atoms with Gasteiger partial charge in [0, 0.05) is 6.07 Å². The molecule has 0 fully saturated rings. The molecule has 0 aliphatic heterocycles. The number of hydrogen-bond acceptors (Lipinski definition) is 2. The minimum Gasteiger partial charge on any atom is -1.00 e. The quantitative estimate of drug-likeness (QED) is 0.271. The van der Waals surface area contributed by atoms with Crippen molar-refractivity contribution in [3.05, 3.63) is 30.1 Å². The molecule has 0 unspecified atom stereocenters. The maximum Gasteiger partial charge on any atom is 0.177 e. The van der Waals surface area contributed by atoms with Crippen molar-refractivity contribution < 1.29 is 33.4 Å². The first kappa shape index (κ1) is 12.3. The zero-order valence-electron chi connectivity index (χ0n) is 7.77. The zero-order chi connectivity index (χ0) is 8.81. The van der Waals surface area contributed by atoms with Gasteiger partial charge in [-0.1, -0.05) is 5.16 Å². The number of aryl methyl sites for hydroxylation is 1. The van der Waals surface area contributed by atoms with Crippen molar-refractivity contribution in [2.75, 3.05) is 6.61 Å². The second-order valence-electron chi connectivity index (χ2n) is 2.46. The highest BCUT2D eigenvalue weighted by Crippen LogP contribution is 1.89. The van der Waals surface area contributed by atoms with Gasteiger partial charge in [-0.2, -0.15) is 0 Å². The van der Waals surface area contributed by atoms with Crippen LogP contribution in [0.15, 0.2) is 29.7 Å². The molecular formula is C9H13IN2O. The standard InChI is InChI=1S/C9H13N2O.HI/c1-3-12-10-7-9-5-4-6-11(2)8-9;/h4-8H,3H2,1-2H3;1H/q+1;/p-1. The van der Waals surface area contributed by atoms with Gasteiger partial charge in [0.2, 0.25) is 0 Å². The van der Waals surface area contributed by atoms with Gasteiger partial charge in [-0.3, -0.25) is 0 Å². The Hall–Kier alpha value is -0.650. The van der Waals surface area contributed by atoms with Crippen LogP contribution in [0.5, 0.6) is 0 Å². The number of halogens is 1. The van der Waals surface area contributed by atoms with Gasteiger partial charge in [-0.25, -0.2) is 4.57 Å². The number of rotatable bonds is 3. The molecule has 0 atom stereocenters. The topological polar surface area (TPSA) is 25.5 Å². The first-order valence-corrected chi connectivity index (χ1v) is 3.93. The van der Waals surface area contributed by atoms with Crippen molar-refractivity contribution in [1.82, 2.24) is 0 Å². The van der Waals surface area contributed by atoms with E-state index in [1.165, 1.54) is 0 Å². The predicted octanol–water partition coefficient (Wildman–Crippen LogP) is -2.11. The van der Waals surface area contributed by atoms with Crippen LogP contribution in [0.3, 0.4) is 0 Å². The highest BCUT2D eigenvalue weighted by atomic mass is 127. The summed E-state index contributed by atoms with van der Waals surface area (Å²) < 4.78 is 1.97. The van der Waals surface area contributed by atoms with E-state index in [0.717, 1.165) is 5.56 Å². The molecule has 13 heavy (non-hydrogen) atoms. The van der Waals surface area contributed by atoms with Gasteiger partial charge in [-0.15, -0.1) is 0 Å². The zero-order valence-corrected chi connectivity index (χ0v) is 9.93. The molecule has 0 saturated carbocycles. The lowest BCUT2D eigenvalue weighted by atomic mass is 10.3. The van der Waals surface area contributed by atoms with Crippen LogP contribution in [-0.4, -0.2) is 12.8 Å². The summed E-state index contributed by atoms with van der Waals surface area (Å²) in [6.45, 7) is 2.51. The maximum absolute atomic E-state index is 4.84. The van der Waals surface area contributed by atoms with Crippen LogP contribution in [0.4, 0.5) is 0 Å². The third-order valence-corrected chi connectivity index (χ3v) is 1.37. The van der Waals surface area contributed by atoms with E-state index in [4.69, 9.17) is 4.84 Å². The SMILES string of the molecule is CCON=Cc1ccc[n+](C)c1.[I-]. The minimum atomic E-state index is 0. The van der Waals surface area contributed by atoms with Crippen LogP contribution in [0.25, 0.3) is 0 Å². The van der Waals surface area contributed by atoms with E-state index in [0.29, 0.717) is 6.61 Å². The molecule has 1 rings (SSSR count). The normalized spacial score (nSPS) is 9.69. The third kappa shape index (κ3) is 4.82. The molecule has 3 nitrogen and oxygen atoms in total. The number of hydrogen-bond donors (Lipinski definition) is 0. The summed E-state index contributed by atoms with van der Waals surface area (Å²) in [4.78, 5) is 4.84. The van der Waals surface area contributed by atoms with Crippen LogP contribution in [0, 0.1) is 0 Å². The number of oxime groups is 1. The fraction of sp³-hybridized carbons (Fsp3) is 0.333. The highest BCUT2D eigenvalue weighted by molar-refractivity contribution is 5.77. The average molecular weight is 292 g/mol. The maximum atomic E-state index is 4.84. The predicted molar refractivity (Wildman–Crippen MR) is 46.8 cm³/mol. The van der Waals surface area contributed by atoms with Gasteiger partial charge in [0.05, 0.1) is 11.8 Å². The Morgan fingerprint density at radius 2 is 2.38 bits per heavy atom. The Morgan fingerprint density at radius 1 is 1.62 bits per heavy atom. The first-order valence-electron chi connectivity index (χ1n) is 3.93. The van der Waals surface area contributed by atoms with Crippen molar-refractivity contribution in [3.63, 3.8) is 0 Å². The summed E-state index contributed by atoms with van der Waals surface area (Å²) in [5.41, 5.74) is 1.04. The van der Waals surface area contributed by atoms with E-state index in [1.807, 2.05) is 43.1 Å². The number of aromatic nitrogens is 1. The summed E-state index contributed by atoms with van der Waals surface area (Å²) >= 11 is 0. The molecule has 1 aromatic rings. The Kier molecular flexibility index (Phi) is 6.48. The molecule has 0 aromatic carbocycles. The molecule has 0 N–H and O–H groups in total. The summed E-state index contributed by atoms with van der Waals surface area (Å²) in [5.74, 6) is 0. The monoisotopic (exact) mass is 292 g/mol. The summed E-state index contributed by atoms with van der Waals surface area (Å²) in [5, 5.41) is 3.76. The van der Waals surface area contributed by atoms with E-state index in [9.17, 15) is 0 Å². The van der Waals surface area contributed by atoms with Gasteiger partial charge < -0.3 is 28.8 Å². The third-order valence-electron chi connectivity index (χ3n) is 1.37. The van der Waals surface area contributed by atoms with E-state index < -0.39 is 0 Å². The van der Waals surface area contributed by atoms with Crippen LogP contribution < -0.4 is 28.5 Å². The van der Waals surface area contributed by atoms with E-state index in [2.05, 4.69) is 5.16 Å². The van der Waals surface area contributed by atoms with E-state index >= 15 is 0 Å². The number of nitrogens with zero attached hydrogens (tertiary/aromatic N) is 2. The molecule has 72 valence electrons. The largest absolute Gasteiger partial charge is 1.00 e. The number of pyridine rings is 1. The van der Waals surface area contributed by atoms with Gasteiger partial charge in [0.25, 0.3) is 0 Å². The fourth-order valence-corrected chi connectivity index (χ4v) is 0.860. The van der Waals surface area contributed by atoms with Gasteiger partial charge in [0.1, 0.15) is 13.7 Å². The van der Waals surface area contributed by atoms with Crippen molar-refractivity contribution in [2.45, 2.75) is 6.92 Å². The summed E-state index contributed by atoms with van der Waals surface area (Å²) in [7, 11) is 1.97. The Labute approximate surface area is 95.4 Å². The van der Waals surface area contributed by atoms with Crippen LogP contribution in [0.2, 0.25) is 0 Å². The molecular weight excluding hydrogens is 279 g/mol. The lowest BCUT2D eigenvalue weighted by Gasteiger charge is -1.91. The van der Waals surface area contributed by atoms with E-state index in [-0.39, 0.29) is 24.0 Å². The molecule has 0 spiro atoms. The second-order valence-corrected chi connectivity index (χ2v) is 2.46. The molecule has 0 aliphatic rings. The molecule has 0 saturated heterocycles. The molecule has 0 amide bonds. The smallest absolute Gasteiger partial charge is 0.177 e. The Balaban J connectivity index is 0.00000144. The van der Waals surface area contributed by atoms with Crippen LogP contribution in [-0.2, 0) is 11.9 Å². The molecule has 0 radical (unpaired) electrons. The van der Waals surface area contributed by atoms with E-state index in [1.54, 1.807) is 6.21 Å². The molecule has 0 bridgehead atoms. The van der Waals surface area contributed by atoms with Gasteiger partial charge in [-0.05, 0) is 13.0 Å². The Bertz CT molecular complexity index is 276. The fourth-order valence-electron chi connectivity index (χ4n) is 0.860. The van der Waals surface area contributed by atoms with Crippen molar-refractivity contribution in [3.8, 4) is 0 Å². The van der Waals surface area contributed by atoms with Crippen LogP contribution >= 0.6 is 0 Å². The van der Waals surface area contributed by atoms with Crippen molar-refractivity contribution >= 4 is 6.21 Å².